The molecule has 1 aliphatic carbocycles. The second kappa shape index (κ2) is 3.59. The molecule has 0 bridgehead atoms. The van der Waals surface area contributed by atoms with Crippen molar-refractivity contribution < 1.29 is 13.2 Å². The first-order valence-corrected chi connectivity index (χ1v) is 6.60. The van der Waals surface area contributed by atoms with Crippen molar-refractivity contribution in [3.05, 3.63) is 29.6 Å². The van der Waals surface area contributed by atoms with Crippen LogP contribution in [0.25, 0.3) is 0 Å². The summed E-state index contributed by atoms with van der Waals surface area (Å²) >= 11 is 0.853. The Morgan fingerprint density at radius 1 is 1.32 bits per heavy atom. The number of nitrogen functional groups attached to an aromatic ring is 1. The third-order valence-electron chi connectivity index (χ3n) is 3.72. The summed E-state index contributed by atoms with van der Waals surface area (Å²) < 4.78 is 41.5. The monoisotopic (exact) mass is 287 g/mol. The van der Waals surface area contributed by atoms with Crippen molar-refractivity contribution in [2.24, 2.45) is 16.6 Å². The summed E-state index contributed by atoms with van der Waals surface area (Å²) in [7, 11) is 0. The molecule has 4 N–H and O–H groups in total. The van der Waals surface area contributed by atoms with Crippen LogP contribution in [0.1, 0.15) is 12.5 Å². The summed E-state index contributed by atoms with van der Waals surface area (Å²) in [5, 5.41) is -0.876. The van der Waals surface area contributed by atoms with E-state index in [4.69, 9.17) is 11.5 Å². The highest BCUT2D eigenvalue weighted by atomic mass is 32.2. The number of fused-ring (bicyclic) bond motifs is 1. The Morgan fingerprint density at radius 2 is 2.00 bits per heavy atom. The smallest absolute Gasteiger partial charge is 0.267 e. The van der Waals surface area contributed by atoms with Gasteiger partial charge in [0.1, 0.15) is 5.82 Å². The van der Waals surface area contributed by atoms with Crippen molar-refractivity contribution in [1.29, 1.82) is 0 Å². The van der Waals surface area contributed by atoms with Gasteiger partial charge in [0.05, 0.1) is 16.7 Å². The van der Waals surface area contributed by atoms with Crippen molar-refractivity contribution in [2.75, 3.05) is 5.73 Å². The molecule has 0 amide bonds. The number of amidine groups is 1. The number of hydrogen-bond acceptors (Lipinski definition) is 4. The van der Waals surface area contributed by atoms with Crippen LogP contribution in [0, 0.1) is 11.7 Å². The number of alkyl halides is 2. The van der Waals surface area contributed by atoms with Crippen molar-refractivity contribution in [3.63, 3.8) is 0 Å². The molecule has 102 valence electrons. The van der Waals surface area contributed by atoms with Gasteiger partial charge in [-0.15, -0.1) is 0 Å². The Morgan fingerprint density at radius 3 is 2.68 bits per heavy atom. The highest BCUT2D eigenvalue weighted by Gasteiger charge is 2.77. The van der Waals surface area contributed by atoms with Gasteiger partial charge in [-0.3, -0.25) is 4.99 Å². The number of nitrogens with two attached hydrogens (primary N) is 2. The number of benzene rings is 1. The van der Waals surface area contributed by atoms with Gasteiger partial charge in [-0.25, -0.2) is 13.2 Å². The Labute approximate surface area is 112 Å². The number of rotatable bonds is 1. The van der Waals surface area contributed by atoms with Crippen LogP contribution < -0.4 is 11.5 Å². The molecule has 1 aliphatic heterocycles. The second-order valence-electron chi connectivity index (χ2n) is 5.03. The average Bonchev–Trinajstić information content (AvgIpc) is 2.85. The minimum atomic E-state index is -2.89. The standard InChI is InChI=1S/C12H12F3N3S/c1-11(6-4-5(16)2-3-7(6)13)8-9(12(8,14)15)19-10(17)18-11/h2-4,8-9H,16H2,1H3,(H2,17,18)/t8-,9?,11-/m1/s1. The second-order valence-corrected chi connectivity index (χ2v) is 6.19. The third-order valence-corrected chi connectivity index (χ3v) is 4.89. The number of anilines is 1. The first kappa shape index (κ1) is 12.7. The van der Waals surface area contributed by atoms with Gasteiger partial charge in [-0.1, -0.05) is 11.8 Å². The van der Waals surface area contributed by atoms with Gasteiger partial charge in [0, 0.05) is 11.3 Å². The zero-order chi connectivity index (χ0) is 14.0. The fourth-order valence-electron chi connectivity index (χ4n) is 2.73. The lowest BCUT2D eigenvalue weighted by Crippen LogP contribution is -2.32. The molecular formula is C12H12F3N3S. The summed E-state index contributed by atoms with van der Waals surface area (Å²) in [4.78, 5) is 4.09. The summed E-state index contributed by atoms with van der Waals surface area (Å²) in [6.45, 7) is 1.48. The maximum absolute atomic E-state index is 14.0. The van der Waals surface area contributed by atoms with E-state index >= 15 is 0 Å². The van der Waals surface area contributed by atoms with Gasteiger partial charge in [0.15, 0.2) is 5.17 Å². The van der Waals surface area contributed by atoms with E-state index < -0.39 is 28.4 Å². The molecule has 3 atom stereocenters. The Balaban J connectivity index is 2.16. The molecular weight excluding hydrogens is 275 g/mol. The summed E-state index contributed by atoms with van der Waals surface area (Å²) in [6.07, 6.45) is 0. The molecule has 1 saturated carbocycles. The van der Waals surface area contributed by atoms with Crippen LogP contribution in [0.3, 0.4) is 0 Å². The summed E-state index contributed by atoms with van der Waals surface area (Å²) in [6, 6.07) is 3.90. The van der Waals surface area contributed by atoms with Crippen molar-refractivity contribution in [1.82, 2.24) is 0 Å². The first-order chi connectivity index (χ1) is 8.76. The topological polar surface area (TPSA) is 64.4 Å². The van der Waals surface area contributed by atoms with Crippen LogP contribution in [-0.4, -0.2) is 16.3 Å². The average molecular weight is 287 g/mol. The zero-order valence-corrected chi connectivity index (χ0v) is 10.8. The quantitative estimate of drug-likeness (QED) is 0.779. The first-order valence-electron chi connectivity index (χ1n) is 5.72. The minimum Gasteiger partial charge on any atom is -0.399 e. The summed E-state index contributed by atoms with van der Waals surface area (Å²) in [5.74, 6) is -4.53. The third kappa shape index (κ3) is 1.64. The van der Waals surface area contributed by atoms with E-state index in [9.17, 15) is 13.2 Å². The predicted molar refractivity (Wildman–Crippen MR) is 69.6 cm³/mol. The van der Waals surface area contributed by atoms with Crippen molar-refractivity contribution >= 4 is 22.6 Å². The van der Waals surface area contributed by atoms with Gasteiger partial charge in [0.2, 0.25) is 0 Å². The van der Waals surface area contributed by atoms with E-state index in [-0.39, 0.29) is 10.7 Å². The van der Waals surface area contributed by atoms with Crippen LogP contribution in [0.2, 0.25) is 0 Å². The molecule has 7 heteroatoms. The lowest BCUT2D eigenvalue weighted by atomic mass is 9.86. The molecule has 19 heavy (non-hydrogen) atoms. The molecule has 0 aromatic heterocycles. The minimum absolute atomic E-state index is 0.0581. The number of aliphatic imine (C=N–C) groups is 1. The number of nitrogens with zero attached hydrogens (tertiary/aromatic N) is 1. The van der Waals surface area contributed by atoms with Crippen molar-refractivity contribution in [3.8, 4) is 0 Å². The van der Waals surface area contributed by atoms with Crippen LogP contribution in [0.15, 0.2) is 23.2 Å². The lowest BCUT2D eigenvalue weighted by Gasteiger charge is -2.29. The normalized spacial score (nSPS) is 35.5. The van der Waals surface area contributed by atoms with Gasteiger partial charge in [0.25, 0.3) is 5.92 Å². The Kier molecular flexibility index (Phi) is 2.39. The number of thioether (sulfide) groups is 1. The fraction of sp³-hybridized carbons (Fsp3) is 0.417. The van der Waals surface area contributed by atoms with Gasteiger partial charge >= 0.3 is 0 Å². The maximum Gasteiger partial charge on any atom is 0.267 e. The molecule has 1 aromatic rings. The molecule has 1 heterocycles. The van der Waals surface area contributed by atoms with E-state index in [1.165, 1.54) is 25.1 Å². The number of hydrogen-bond donors (Lipinski definition) is 2. The maximum atomic E-state index is 14.0. The molecule has 0 spiro atoms. The largest absolute Gasteiger partial charge is 0.399 e. The van der Waals surface area contributed by atoms with E-state index in [1.54, 1.807) is 0 Å². The molecule has 1 fully saturated rings. The highest BCUT2D eigenvalue weighted by Crippen LogP contribution is 2.66. The molecule has 1 aromatic carbocycles. The van der Waals surface area contributed by atoms with Crippen LogP contribution in [-0.2, 0) is 5.54 Å². The lowest BCUT2D eigenvalue weighted by molar-refractivity contribution is 0.0820. The van der Waals surface area contributed by atoms with E-state index in [0.29, 0.717) is 5.69 Å². The van der Waals surface area contributed by atoms with Crippen LogP contribution >= 0.6 is 11.8 Å². The highest BCUT2D eigenvalue weighted by molar-refractivity contribution is 8.14. The summed E-state index contributed by atoms with van der Waals surface area (Å²) in [5.41, 5.74) is 10.2. The van der Waals surface area contributed by atoms with Gasteiger partial charge in [-0.2, -0.15) is 0 Å². The molecule has 2 aliphatic rings. The molecule has 1 unspecified atom stereocenters. The van der Waals surface area contributed by atoms with E-state index in [1.807, 2.05) is 0 Å². The zero-order valence-electron chi connectivity index (χ0n) is 10.0. The SMILES string of the molecule is C[C@]1(c2cc(N)ccc2F)N=C(N)SC2[C@H]1C2(F)F. The van der Waals surface area contributed by atoms with Crippen LogP contribution in [0.5, 0.6) is 0 Å². The molecule has 0 radical (unpaired) electrons. The van der Waals surface area contributed by atoms with Crippen LogP contribution in [0.4, 0.5) is 18.9 Å². The van der Waals surface area contributed by atoms with E-state index in [2.05, 4.69) is 4.99 Å². The Bertz CT molecular complexity index is 590. The fourth-order valence-corrected chi connectivity index (χ4v) is 4.04. The van der Waals surface area contributed by atoms with Gasteiger partial charge in [-0.05, 0) is 25.1 Å². The predicted octanol–water partition coefficient (Wildman–Crippen LogP) is 2.32. The molecule has 3 nitrogen and oxygen atoms in total. The molecule has 0 saturated heterocycles. The Hall–Kier alpha value is -1.37. The van der Waals surface area contributed by atoms with Gasteiger partial charge < -0.3 is 11.5 Å². The van der Waals surface area contributed by atoms with E-state index in [0.717, 1.165) is 11.8 Å². The number of halogens is 3. The molecule has 3 rings (SSSR count). The van der Waals surface area contributed by atoms with Crippen molar-refractivity contribution in [2.45, 2.75) is 23.6 Å².